The number of hydrogen-bond acceptors (Lipinski definition) is 2. The van der Waals surface area contributed by atoms with E-state index in [1.54, 1.807) is 12.1 Å². The molecule has 0 saturated carbocycles. The quantitative estimate of drug-likeness (QED) is 0.642. The van der Waals surface area contributed by atoms with Gasteiger partial charge in [0.05, 0.1) is 0 Å². The topological polar surface area (TPSA) is 32.8 Å². The average Bonchev–Trinajstić information content (AvgIpc) is 3.03. The number of benzene rings is 2. The summed E-state index contributed by atoms with van der Waals surface area (Å²) in [6.45, 7) is 0. The molecule has 1 aliphatic rings. The number of aromatic hydroxyl groups is 1. The fraction of sp³-hybridized carbons (Fsp3) is 0.0769. The molecule has 1 N–H and O–H groups in total. The van der Waals surface area contributed by atoms with Gasteiger partial charge in [0.25, 0.3) is 0 Å². The van der Waals surface area contributed by atoms with Gasteiger partial charge in [-0.2, -0.15) is 0 Å². The Labute approximate surface area is 87.8 Å². The zero-order valence-electron chi connectivity index (χ0n) is 8.10. The van der Waals surface area contributed by atoms with Crippen LogP contribution in [0.15, 0.2) is 42.5 Å². The highest BCUT2D eigenvalue weighted by Gasteiger charge is 2.26. The number of rotatable bonds is 2. The van der Waals surface area contributed by atoms with Gasteiger partial charge < -0.3 is 9.84 Å². The van der Waals surface area contributed by atoms with E-state index in [0.29, 0.717) is 5.75 Å². The van der Waals surface area contributed by atoms with Crippen molar-refractivity contribution < 1.29 is 9.84 Å². The van der Waals surface area contributed by atoms with Crippen LogP contribution in [0.2, 0.25) is 0 Å². The van der Waals surface area contributed by atoms with Crippen LogP contribution in [0.4, 0.5) is 0 Å². The molecule has 1 aliphatic heterocycles. The molecule has 0 bridgehead atoms. The van der Waals surface area contributed by atoms with Crippen molar-refractivity contribution in [1.82, 2.24) is 0 Å². The molecule has 1 heterocycles. The van der Waals surface area contributed by atoms with Crippen molar-refractivity contribution in [1.29, 1.82) is 0 Å². The molecule has 0 spiro atoms. The molecular formula is C13H10O2. The number of phenolic OH excluding ortho intramolecular Hbond substituents is 1. The Balaban J connectivity index is 1.96. The van der Waals surface area contributed by atoms with Crippen molar-refractivity contribution in [3.63, 3.8) is 0 Å². The second-order valence-electron chi connectivity index (χ2n) is 3.65. The summed E-state index contributed by atoms with van der Waals surface area (Å²) in [5, 5.41) is 9.71. The number of ether oxygens (including phenoxy) is 1. The largest absolute Gasteiger partial charge is 0.508 e. The molecule has 0 atom stereocenters. The molecule has 0 aliphatic carbocycles. The third-order valence-electron chi connectivity index (χ3n) is 2.59. The van der Waals surface area contributed by atoms with Gasteiger partial charge in [0, 0.05) is 12.0 Å². The number of fused-ring (bicyclic) bond motifs is 1. The van der Waals surface area contributed by atoms with Gasteiger partial charge in [0.15, 0.2) is 11.5 Å². The molecule has 2 nitrogen and oxygen atoms in total. The maximum Gasteiger partial charge on any atom is 0.177 e. The van der Waals surface area contributed by atoms with Gasteiger partial charge in [-0.05, 0) is 17.7 Å². The maximum absolute atomic E-state index is 9.71. The third-order valence-corrected chi connectivity index (χ3v) is 2.59. The van der Waals surface area contributed by atoms with Crippen molar-refractivity contribution in [3.8, 4) is 17.2 Å². The van der Waals surface area contributed by atoms with Crippen molar-refractivity contribution in [2.24, 2.45) is 0 Å². The molecule has 0 unspecified atom stereocenters. The fourth-order valence-electron chi connectivity index (χ4n) is 1.75. The second kappa shape index (κ2) is 3.02. The van der Waals surface area contributed by atoms with Gasteiger partial charge >= 0.3 is 0 Å². The molecule has 0 radical (unpaired) electrons. The smallest absolute Gasteiger partial charge is 0.177 e. The lowest BCUT2D eigenvalue weighted by Crippen LogP contribution is -1.86. The minimum absolute atomic E-state index is 0.315. The fourth-order valence-corrected chi connectivity index (χ4v) is 1.75. The van der Waals surface area contributed by atoms with Crippen LogP contribution in [0.3, 0.4) is 0 Å². The summed E-state index contributed by atoms with van der Waals surface area (Å²) in [5.74, 6) is 2.05. The first-order valence-corrected chi connectivity index (χ1v) is 4.91. The summed E-state index contributed by atoms with van der Waals surface area (Å²) in [6.07, 6.45) is 0.718. The van der Waals surface area contributed by atoms with Crippen LogP contribution in [-0.4, -0.2) is 5.11 Å². The summed E-state index contributed by atoms with van der Waals surface area (Å²) < 4.78 is 5.26. The Morgan fingerprint density at radius 2 is 1.80 bits per heavy atom. The van der Waals surface area contributed by atoms with Crippen molar-refractivity contribution in [3.05, 3.63) is 53.6 Å². The van der Waals surface area contributed by atoms with Gasteiger partial charge in [-0.1, -0.05) is 30.3 Å². The Hall–Kier alpha value is -1.96. The lowest BCUT2D eigenvalue weighted by Gasteiger charge is -2.01. The summed E-state index contributed by atoms with van der Waals surface area (Å²) in [4.78, 5) is 0. The summed E-state index contributed by atoms with van der Waals surface area (Å²) in [5.41, 5.74) is 2.07. The number of hydrogen-bond donors (Lipinski definition) is 1. The molecule has 2 heteroatoms. The number of phenols is 1. The Kier molecular flexibility index (Phi) is 1.68. The van der Waals surface area contributed by atoms with E-state index in [2.05, 4.69) is 0 Å². The minimum atomic E-state index is 0.315. The SMILES string of the molecule is Oc1ccc2c(c1Cc1ccccc1)O2. The Bertz CT molecular complexity index is 500. The van der Waals surface area contributed by atoms with Crippen LogP contribution in [0, 0.1) is 0 Å². The van der Waals surface area contributed by atoms with E-state index in [-0.39, 0.29) is 0 Å². The highest BCUT2D eigenvalue weighted by Crippen LogP contribution is 2.51. The zero-order valence-corrected chi connectivity index (χ0v) is 8.10. The first-order chi connectivity index (χ1) is 7.34. The molecule has 2 aromatic rings. The summed E-state index contributed by atoms with van der Waals surface area (Å²) in [6, 6.07) is 13.5. The van der Waals surface area contributed by atoms with Gasteiger partial charge in [-0.3, -0.25) is 0 Å². The lowest BCUT2D eigenvalue weighted by atomic mass is 10.0. The molecule has 0 fully saturated rings. The normalized spacial score (nSPS) is 11.7. The van der Waals surface area contributed by atoms with E-state index in [4.69, 9.17) is 4.74 Å². The van der Waals surface area contributed by atoms with Crippen LogP contribution in [-0.2, 0) is 6.42 Å². The molecule has 0 saturated heterocycles. The molecular weight excluding hydrogens is 188 g/mol. The summed E-state index contributed by atoms with van der Waals surface area (Å²) >= 11 is 0. The van der Waals surface area contributed by atoms with Crippen LogP contribution in [0.25, 0.3) is 0 Å². The standard InChI is InChI=1S/C13H10O2/c14-11-6-7-12-13(15-12)10(11)8-9-4-2-1-3-5-9/h1-7,14H,8H2. The first kappa shape index (κ1) is 8.36. The predicted octanol–water partition coefficient (Wildman–Crippen LogP) is 3.09. The van der Waals surface area contributed by atoms with Crippen LogP contribution in [0.5, 0.6) is 17.2 Å². The van der Waals surface area contributed by atoms with E-state index < -0.39 is 0 Å². The van der Waals surface area contributed by atoms with E-state index in [0.717, 1.165) is 23.5 Å². The molecule has 15 heavy (non-hydrogen) atoms. The molecule has 2 aromatic carbocycles. The Morgan fingerprint density at radius 3 is 2.60 bits per heavy atom. The van der Waals surface area contributed by atoms with Crippen LogP contribution >= 0.6 is 0 Å². The van der Waals surface area contributed by atoms with Crippen molar-refractivity contribution in [2.45, 2.75) is 6.42 Å². The average molecular weight is 198 g/mol. The van der Waals surface area contributed by atoms with E-state index in [9.17, 15) is 5.11 Å². The van der Waals surface area contributed by atoms with E-state index in [1.807, 2.05) is 30.3 Å². The lowest BCUT2D eigenvalue weighted by molar-refractivity contribution is 0.469. The van der Waals surface area contributed by atoms with E-state index >= 15 is 0 Å². The highest BCUT2D eigenvalue weighted by molar-refractivity contribution is 5.64. The molecule has 0 amide bonds. The van der Waals surface area contributed by atoms with Gasteiger partial charge in [0.1, 0.15) is 5.75 Å². The first-order valence-electron chi connectivity index (χ1n) is 4.91. The summed E-state index contributed by atoms with van der Waals surface area (Å²) in [7, 11) is 0. The monoisotopic (exact) mass is 198 g/mol. The van der Waals surface area contributed by atoms with Crippen molar-refractivity contribution in [2.75, 3.05) is 0 Å². The van der Waals surface area contributed by atoms with Crippen LogP contribution in [0.1, 0.15) is 11.1 Å². The highest BCUT2D eigenvalue weighted by atomic mass is 16.6. The minimum Gasteiger partial charge on any atom is -0.508 e. The second-order valence-corrected chi connectivity index (χ2v) is 3.65. The van der Waals surface area contributed by atoms with E-state index in [1.165, 1.54) is 5.56 Å². The van der Waals surface area contributed by atoms with Crippen LogP contribution < -0.4 is 4.74 Å². The maximum atomic E-state index is 9.71. The zero-order chi connectivity index (χ0) is 10.3. The van der Waals surface area contributed by atoms with Gasteiger partial charge in [-0.15, -0.1) is 0 Å². The van der Waals surface area contributed by atoms with Gasteiger partial charge in [-0.25, -0.2) is 0 Å². The molecule has 74 valence electrons. The molecule has 0 aromatic heterocycles. The molecule has 3 rings (SSSR count). The Morgan fingerprint density at radius 1 is 1.00 bits per heavy atom. The third kappa shape index (κ3) is 1.44. The van der Waals surface area contributed by atoms with Gasteiger partial charge in [0.2, 0.25) is 0 Å². The van der Waals surface area contributed by atoms with Crippen molar-refractivity contribution >= 4 is 0 Å². The predicted molar refractivity (Wildman–Crippen MR) is 57.4 cm³/mol.